The second kappa shape index (κ2) is 10.2. The molecule has 0 aliphatic heterocycles. The predicted octanol–water partition coefficient (Wildman–Crippen LogP) is 5.26. The summed E-state index contributed by atoms with van der Waals surface area (Å²) in [5, 5.41) is 15.5. The number of nitrogens with one attached hydrogen (secondary N) is 2. The highest BCUT2D eigenvalue weighted by atomic mass is 16.1. The van der Waals surface area contributed by atoms with Crippen LogP contribution in [-0.4, -0.2) is 27.9 Å². The monoisotopic (exact) mass is 475 g/mol. The van der Waals surface area contributed by atoms with Gasteiger partial charge >= 0.3 is 0 Å². The van der Waals surface area contributed by atoms with E-state index in [0.29, 0.717) is 23.6 Å². The number of aromatic nitrogens is 3. The Kier molecular flexibility index (Phi) is 6.54. The number of amides is 1. The summed E-state index contributed by atoms with van der Waals surface area (Å²) < 4.78 is 0. The minimum atomic E-state index is -0.240. The van der Waals surface area contributed by atoms with Gasteiger partial charge in [-0.25, -0.2) is 4.98 Å². The van der Waals surface area contributed by atoms with Gasteiger partial charge in [0.25, 0.3) is 5.91 Å². The normalized spacial score (nSPS) is 14.3. The fourth-order valence-electron chi connectivity index (χ4n) is 4.37. The molecule has 0 saturated heterocycles. The van der Waals surface area contributed by atoms with Crippen LogP contribution < -0.4 is 15.5 Å². The predicted molar refractivity (Wildman–Crippen MR) is 140 cm³/mol. The Morgan fingerprint density at radius 3 is 2.58 bits per heavy atom. The van der Waals surface area contributed by atoms with E-state index in [1.54, 1.807) is 30.6 Å². The standard InChI is InChI=1S/C28H25N7O/c1-35(25-13-16-31-24-10-5-19(18-29)17-23(24)25)22-8-6-20(7-9-22)28(36)34-27-4-2-3-26(33-27)32-21-11-14-30-15-12-21/h2-4,6-9,11-16,19H,5,10,17H2,1H3,(H2,30,32,33,34,36). The molecule has 1 amide bonds. The molecule has 2 N–H and O–H groups in total. The number of aryl methyl sites for hydroxylation is 1. The van der Waals surface area contributed by atoms with Crippen molar-refractivity contribution in [1.29, 1.82) is 5.26 Å². The van der Waals surface area contributed by atoms with Crippen molar-refractivity contribution >= 4 is 34.6 Å². The average Bonchev–Trinajstić information content (AvgIpc) is 2.93. The van der Waals surface area contributed by atoms with E-state index >= 15 is 0 Å². The van der Waals surface area contributed by atoms with E-state index in [9.17, 15) is 10.1 Å². The lowest BCUT2D eigenvalue weighted by Crippen LogP contribution is -2.20. The lowest BCUT2D eigenvalue weighted by Gasteiger charge is -2.27. The second-order valence-corrected chi connectivity index (χ2v) is 8.65. The summed E-state index contributed by atoms with van der Waals surface area (Å²) in [4.78, 5) is 27.9. The summed E-state index contributed by atoms with van der Waals surface area (Å²) in [6.45, 7) is 0. The van der Waals surface area contributed by atoms with Gasteiger partial charge in [-0.15, -0.1) is 0 Å². The molecule has 1 aliphatic rings. The fraction of sp³-hybridized carbons (Fsp3) is 0.179. The maximum Gasteiger partial charge on any atom is 0.256 e. The molecule has 0 bridgehead atoms. The first-order chi connectivity index (χ1) is 17.6. The maximum absolute atomic E-state index is 12.9. The second-order valence-electron chi connectivity index (χ2n) is 8.65. The highest BCUT2D eigenvalue weighted by Crippen LogP contribution is 2.34. The van der Waals surface area contributed by atoms with Crippen LogP contribution in [0, 0.1) is 17.2 Å². The van der Waals surface area contributed by atoms with Crippen molar-refractivity contribution in [3.05, 3.63) is 96.1 Å². The van der Waals surface area contributed by atoms with Gasteiger partial charge in [-0.05, 0) is 79.4 Å². The van der Waals surface area contributed by atoms with Crippen molar-refractivity contribution in [2.24, 2.45) is 5.92 Å². The summed E-state index contributed by atoms with van der Waals surface area (Å²) in [5.74, 6) is 0.855. The number of benzene rings is 1. The van der Waals surface area contributed by atoms with E-state index in [0.717, 1.165) is 41.2 Å². The van der Waals surface area contributed by atoms with Gasteiger partial charge in [0.2, 0.25) is 0 Å². The fourth-order valence-corrected chi connectivity index (χ4v) is 4.37. The van der Waals surface area contributed by atoms with E-state index in [1.807, 2.05) is 55.7 Å². The summed E-state index contributed by atoms with van der Waals surface area (Å²) in [5.41, 5.74) is 5.57. The number of hydrogen-bond donors (Lipinski definition) is 2. The molecule has 3 aromatic heterocycles. The summed E-state index contributed by atoms with van der Waals surface area (Å²) in [6, 6.07) is 20.9. The number of carbonyl (C=O) groups is 1. The summed E-state index contributed by atoms with van der Waals surface area (Å²) in [6.07, 6.45) is 7.60. The van der Waals surface area contributed by atoms with Gasteiger partial charge in [-0.3, -0.25) is 14.8 Å². The number of fused-ring (bicyclic) bond motifs is 1. The molecule has 0 saturated carbocycles. The Balaban J connectivity index is 1.28. The number of nitriles is 1. The molecule has 178 valence electrons. The van der Waals surface area contributed by atoms with E-state index in [2.05, 4.69) is 36.6 Å². The molecule has 1 aromatic carbocycles. The molecular weight excluding hydrogens is 450 g/mol. The van der Waals surface area contributed by atoms with Crippen LogP contribution in [0.5, 0.6) is 0 Å². The van der Waals surface area contributed by atoms with Crippen LogP contribution in [0.15, 0.2) is 79.3 Å². The number of rotatable bonds is 6. The van der Waals surface area contributed by atoms with Crippen molar-refractivity contribution in [3.8, 4) is 6.07 Å². The van der Waals surface area contributed by atoms with Gasteiger partial charge < -0.3 is 15.5 Å². The van der Waals surface area contributed by atoms with Gasteiger partial charge in [0.05, 0.1) is 12.0 Å². The van der Waals surface area contributed by atoms with E-state index in [4.69, 9.17) is 0 Å². The minimum Gasteiger partial charge on any atom is -0.344 e. The highest BCUT2D eigenvalue weighted by Gasteiger charge is 2.23. The number of hydrogen-bond acceptors (Lipinski definition) is 7. The highest BCUT2D eigenvalue weighted by molar-refractivity contribution is 6.04. The number of pyridine rings is 3. The molecule has 3 heterocycles. The Hall–Kier alpha value is -4.77. The number of anilines is 5. The van der Waals surface area contributed by atoms with Gasteiger partial charge in [-0.1, -0.05) is 6.07 Å². The molecule has 0 radical (unpaired) electrons. The van der Waals surface area contributed by atoms with Crippen LogP contribution in [0.3, 0.4) is 0 Å². The number of carbonyl (C=O) groups excluding carboxylic acids is 1. The van der Waals surface area contributed by atoms with Crippen LogP contribution in [0.4, 0.5) is 28.7 Å². The topological polar surface area (TPSA) is 107 Å². The van der Waals surface area contributed by atoms with Crippen LogP contribution in [0.2, 0.25) is 0 Å². The lowest BCUT2D eigenvalue weighted by atomic mass is 9.86. The Labute approximate surface area is 209 Å². The zero-order valence-electron chi connectivity index (χ0n) is 19.8. The largest absolute Gasteiger partial charge is 0.344 e. The molecule has 36 heavy (non-hydrogen) atoms. The van der Waals surface area contributed by atoms with Crippen LogP contribution in [0.25, 0.3) is 0 Å². The quantitative estimate of drug-likeness (QED) is 0.391. The van der Waals surface area contributed by atoms with Gasteiger partial charge in [0.1, 0.15) is 11.6 Å². The summed E-state index contributed by atoms with van der Waals surface area (Å²) >= 11 is 0. The zero-order valence-corrected chi connectivity index (χ0v) is 19.8. The first kappa shape index (κ1) is 23.0. The first-order valence-corrected chi connectivity index (χ1v) is 11.8. The van der Waals surface area contributed by atoms with Crippen molar-refractivity contribution in [2.45, 2.75) is 19.3 Å². The molecule has 8 heteroatoms. The molecular formula is C28H25N7O. The van der Waals surface area contributed by atoms with E-state index in [-0.39, 0.29) is 11.8 Å². The summed E-state index contributed by atoms with van der Waals surface area (Å²) in [7, 11) is 1.99. The third-order valence-electron chi connectivity index (χ3n) is 6.30. The molecule has 1 atom stereocenters. The maximum atomic E-state index is 12.9. The molecule has 0 spiro atoms. The van der Waals surface area contributed by atoms with Crippen molar-refractivity contribution in [1.82, 2.24) is 15.0 Å². The van der Waals surface area contributed by atoms with Crippen molar-refractivity contribution in [3.63, 3.8) is 0 Å². The average molecular weight is 476 g/mol. The minimum absolute atomic E-state index is 0.0203. The SMILES string of the molecule is CN(c1ccc(C(=O)Nc2cccc(Nc3ccncc3)n2)cc1)c1ccnc2c1CC(C#N)CC2. The van der Waals surface area contributed by atoms with Crippen LogP contribution >= 0.6 is 0 Å². The lowest BCUT2D eigenvalue weighted by molar-refractivity contribution is 0.102. The van der Waals surface area contributed by atoms with Crippen molar-refractivity contribution < 1.29 is 4.79 Å². The first-order valence-electron chi connectivity index (χ1n) is 11.8. The Morgan fingerprint density at radius 2 is 1.81 bits per heavy atom. The third-order valence-corrected chi connectivity index (χ3v) is 6.30. The van der Waals surface area contributed by atoms with Crippen LogP contribution in [0.1, 0.15) is 28.0 Å². The number of nitrogens with zero attached hydrogens (tertiary/aromatic N) is 5. The Bertz CT molecular complexity index is 1410. The molecule has 0 fully saturated rings. The zero-order chi connectivity index (χ0) is 24.9. The Morgan fingerprint density at radius 1 is 1.03 bits per heavy atom. The molecule has 8 nitrogen and oxygen atoms in total. The smallest absolute Gasteiger partial charge is 0.256 e. The van der Waals surface area contributed by atoms with Crippen molar-refractivity contribution in [2.75, 3.05) is 22.6 Å². The third kappa shape index (κ3) is 5.00. The van der Waals surface area contributed by atoms with Gasteiger partial charge in [0.15, 0.2) is 0 Å². The molecule has 4 aromatic rings. The molecule has 5 rings (SSSR count). The van der Waals surface area contributed by atoms with Crippen LogP contribution in [-0.2, 0) is 12.8 Å². The molecule has 1 unspecified atom stereocenters. The van der Waals surface area contributed by atoms with E-state index < -0.39 is 0 Å². The van der Waals surface area contributed by atoms with Gasteiger partial charge in [0, 0.05) is 54.0 Å². The van der Waals surface area contributed by atoms with Gasteiger partial charge in [-0.2, -0.15) is 5.26 Å². The van der Waals surface area contributed by atoms with E-state index in [1.165, 1.54) is 0 Å². The molecule has 1 aliphatic carbocycles.